The van der Waals surface area contributed by atoms with E-state index in [-0.39, 0.29) is 18.3 Å². The van der Waals surface area contributed by atoms with E-state index in [0.717, 1.165) is 36.3 Å². The molecule has 3 nitrogen and oxygen atoms in total. The van der Waals surface area contributed by atoms with Gasteiger partial charge in [0.25, 0.3) is 0 Å². The van der Waals surface area contributed by atoms with Crippen LogP contribution in [0.25, 0.3) is 0 Å². The minimum Gasteiger partial charge on any atom is -0.490 e. The van der Waals surface area contributed by atoms with E-state index in [1.165, 1.54) is 19.3 Å². The van der Waals surface area contributed by atoms with Gasteiger partial charge in [0, 0.05) is 18.4 Å². The lowest BCUT2D eigenvalue weighted by atomic mass is 9.74. The maximum Gasteiger partial charge on any atom is 0.128 e. The molecule has 0 amide bonds. The predicted molar refractivity (Wildman–Crippen MR) is 73.3 cm³/mol. The van der Waals surface area contributed by atoms with Crippen molar-refractivity contribution in [1.82, 2.24) is 0 Å². The van der Waals surface area contributed by atoms with Gasteiger partial charge < -0.3 is 14.6 Å². The standard InChI is InChI=1S/C16H22O3/c1-12-4-2-5-13(11-17)15(12)19-14-6-9-18-16(10-14)7-3-8-16/h2,4-5,14,17H,3,6-11H2,1H3. The molecule has 1 atom stereocenters. The SMILES string of the molecule is Cc1cccc(CO)c1OC1CCOC2(CCC2)C1. The lowest BCUT2D eigenvalue weighted by Gasteiger charge is -2.47. The molecule has 1 aliphatic carbocycles. The van der Waals surface area contributed by atoms with Gasteiger partial charge in [-0.15, -0.1) is 0 Å². The van der Waals surface area contributed by atoms with Crippen LogP contribution < -0.4 is 4.74 Å². The second-order valence-corrected chi connectivity index (χ2v) is 5.84. The Kier molecular flexibility index (Phi) is 3.50. The highest BCUT2D eigenvalue weighted by atomic mass is 16.5. The molecule has 1 heterocycles. The summed E-state index contributed by atoms with van der Waals surface area (Å²) in [6, 6.07) is 5.93. The zero-order valence-corrected chi connectivity index (χ0v) is 11.5. The number of rotatable bonds is 3. The van der Waals surface area contributed by atoms with E-state index in [0.29, 0.717) is 0 Å². The summed E-state index contributed by atoms with van der Waals surface area (Å²) in [7, 11) is 0. The van der Waals surface area contributed by atoms with Gasteiger partial charge in [-0.25, -0.2) is 0 Å². The average Bonchev–Trinajstić information content (AvgIpc) is 2.40. The summed E-state index contributed by atoms with van der Waals surface area (Å²) in [5, 5.41) is 9.43. The van der Waals surface area contributed by atoms with Gasteiger partial charge in [-0.1, -0.05) is 18.2 Å². The van der Waals surface area contributed by atoms with E-state index in [1.807, 2.05) is 25.1 Å². The maximum atomic E-state index is 9.43. The molecule has 1 aromatic rings. The van der Waals surface area contributed by atoms with Gasteiger partial charge in [0.05, 0.1) is 18.8 Å². The molecule has 104 valence electrons. The first-order chi connectivity index (χ1) is 9.22. The van der Waals surface area contributed by atoms with Gasteiger partial charge in [0.15, 0.2) is 0 Å². The summed E-state index contributed by atoms with van der Waals surface area (Å²) in [6.45, 7) is 2.86. The number of aliphatic hydroxyl groups excluding tert-OH is 1. The Morgan fingerprint density at radius 1 is 1.42 bits per heavy atom. The van der Waals surface area contributed by atoms with Gasteiger partial charge in [-0.3, -0.25) is 0 Å². The van der Waals surface area contributed by atoms with Crippen molar-refractivity contribution >= 4 is 0 Å². The van der Waals surface area contributed by atoms with Crippen molar-refractivity contribution in [3.8, 4) is 5.75 Å². The molecular weight excluding hydrogens is 240 g/mol. The summed E-state index contributed by atoms with van der Waals surface area (Å²) in [5.41, 5.74) is 2.08. The van der Waals surface area contributed by atoms with Crippen molar-refractivity contribution in [3.63, 3.8) is 0 Å². The third-order valence-corrected chi connectivity index (χ3v) is 4.46. The van der Waals surface area contributed by atoms with E-state index in [2.05, 4.69) is 0 Å². The van der Waals surface area contributed by atoms with Crippen LogP contribution in [0.1, 0.15) is 43.2 Å². The molecule has 0 bridgehead atoms. The van der Waals surface area contributed by atoms with Crippen LogP contribution in [0, 0.1) is 6.92 Å². The summed E-state index contributed by atoms with van der Waals surface area (Å²) >= 11 is 0. The molecule has 3 heteroatoms. The second-order valence-electron chi connectivity index (χ2n) is 5.84. The van der Waals surface area contributed by atoms with Crippen LogP contribution >= 0.6 is 0 Å². The van der Waals surface area contributed by atoms with E-state index < -0.39 is 0 Å². The van der Waals surface area contributed by atoms with Crippen molar-refractivity contribution in [1.29, 1.82) is 0 Å². The number of benzene rings is 1. The molecule has 2 fully saturated rings. The van der Waals surface area contributed by atoms with E-state index in [4.69, 9.17) is 9.47 Å². The van der Waals surface area contributed by atoms with Crippen molar-refractivity contribution < 1.29 is 14.6 Å². The highest BCUT2D eigenvalue weighted by Gasteiger charge is 2.43. The zero-order valence-electron chi connectivity index (χ0n) is 11.5. The topological polar surface area (TPSA) is 38.7 Å². The Hall–Kier alpha value is -1.06. The summed E-state index contributed by atoms with van der Waals surface area (Å²) in [5.74, 6) is 0.867. The first-order valence-electron chi connectivity index (χ1n) is 7.22. The number of aryl methyl sites for hydroxylation is 1. The number of para-hydroxylation sites is 1. The molecule has 1 aromatic carbocycles. The Labute approximate surface area is 114 Å². The van der Waals surface area contributed by atoms with Crippen molar-refractivity contribution in [2.45, 2.75) is 57.3 Å². The molecule has 1 N–H and O–H groups in total. The summed E-state index contributed by atoms with van der Waals surface area (Å²) in [4.78, 5) is 0. The first-order valence-corrected chi connectivity index (χ1v) is 7.22. The Bertz CT molecular complexity index is 451. The number of aliphatic hydroxyl groups is 1. The predicted octanol–water partition coefficient (Wildman–Crippen LogP) is 2.97. The molecule has 1 spiro atoms. The quantitative estimate of drug-likeness (QED) is 0.910. The summed E-state index contributed by atoms with van der Waals surface area (Å²) < 4.78 is 12.1. The van der Waals surface area contributed by atoms with E-state index >= 15 is 0 Å². The lowest BCUT2D eigenvalue weighted by molar-refractivity contribution is -0.153. The fraction of sp³-hybridized carbons (Fsp3) is 0.625. The number of hydrogen-bond donors (Lipinski definition) is 1. The minimum absolute atomic E-state index is 0.0331. The second kappa shape index (κ2) is 5.14. The molecule has 1 unspecified atom stereocenters. The van der Waals surface area contributed by atoms with Crippen molar-refractivity contribution in [3.05, 3.63) is 29.3 Å². The number of hydrogen-bond acceptors (Lipinski definition) is 3. The molecule has 0 aromatic heterocycles. The highest BCUT2D eigenvalue weighted by Crippen LogP contribution is 2.43. The highest BCUT2D eigenvalue weighted by molar-refractivity contribution is 5.40. The third-order valence-electron chi connectivity index (χ3n) is 4.46. The number of ether oxygens (including phenoxy) is 2. The molecule has 19 heavy (non-hydrogen) atoms. The Morgan fingerprint density at radius 3 is 2.95 bits per heavy atom. The largest absolute Gasteiger partial charge is 0.490 e. The van der Waals surface area contributed by atoms with Gasteiger partial charge in [-0.05, 0) is 31.7 Å². The molecule has 0 radical (unpaired) electrons. The smallest absolute Gasteiger partial charge is 0.128 e. The summed E-state index contributed by atoms with van der Waals surface area (Å²) in [6.07, 6.45) is 5.79. The molecule has 2 aliphatic rings. The molecule has 1 saturated heterocycles. The van der Waals surface area contributed by atoms with Crippen LogP contribution in [0.15, 0.2) is 18.2 Å². The molecule has 3 rings (SSSR count). The molecule has 1 aliphatic heterocycles. The van der Waals surface area contributed by atoms with Gasteiger partial charge in [0.1, 0.15) is 11.9 Å². The first kappa shape index (κ1) is 12.9. The Morgan fingerprint density at radius 2 is 2.26 bits per heavy atom. The van der Waals surface area contributed by atoms with Crippen LogP contribution in [0.3, 0.4) is 0 Å². The Balaban J connectivity index is 1.74. The van der Waals surface area contributed by atoms with Crippen LogP contribution in [0.2, 0.25) is 0 Å². The minimum atomic E-state index is 0.0331. The third kappa shape index (κ3) is 2.49. The zero-order chi connectivity index (χ0) is 13.3. The van der Waals surface area contributed by atoms with Crippen LogP contribution in [0.5, 0.6) is 5.75 Å². The van der Waals surface area contributed by atoms with Gasteiger partial charge in [-0.2, -0.15) is 0 Å². The normalized spacial score (nSPS) is 25.1. The fourth-order valence-corrected chi connectivity index (χ4v) is 3.18. The van der Waals surface area contributed by atoms with Crippen molar-refractivity contribution in [2.75, 3.05) is 6.61 Å². The monoisotopic (exact) mass is 262 g/mol. The fourth-order valence-electron chi connectivity index (χ4n) is 3.18. The lowest BCUT2D eigenvalue weighted by Crippen LogP contribution is -2.48. The average molecular weight is 262 g/mol. The van der Waals surface area contributed by atoms with Crippen LogP contribution in [0.4, 0.5) is 0 Å². The van der Waals surface area contributed by atoms with Gasteiger partial charge in [0.2, 0.25) is 0 Å². The van der Waals surface area contributed by atoms with E-state index in [9.17, 15) is 5.11 Å². The van der Waals surface area contributed by atoms with E-state index in [1.54, 1.807) is 0 Å². The molecule has 1 saturated carbocycles. The van der Waals surface area contributed by atoms with Gasteiger partial charge >= 0.3 is 0 Å². The molecular formula is C16H22O3. The van der Waals surface area contributed by atoms with Crippen molar-refractivity contribution in [2.24, 2.45) is 0 Å². The van der Waals surface area contributed by atoms with Crippen LogP contribution in [-0.2, 0) is 11.3 Å². The van der Waals surface area contributed by atoms with Crippen LogP contribution in [-0.4, -0.2) is 23.4 Å². The maximum absolute atomic E-state index is 9.43.